The van der Waals surface area contributed by atoms with Gasteiger partial charge < -0.3 is 5.11 Å². The second-order valence-electron chi connectivity index (χ2n) is 1.62. The number of aliphatic hydroxyl groups excluding tert-OH is 1. The Morgan fingerprint density at radius 2 is 2.12 bits per heavy atom. The summed E-state index contributed by atoms with van der Waals surface area (Å²) in [7, 11) is 0. The fraction of sp³-hybridized carbons (Fsp3) is 1.00. The Morgan fingerprint density at radius 1 is 1.50 bits per heavy atom. The highest BCUT2D eigenvalue weighted by molar-refractivity contribution is 9.12. The van der Waals surface area contributed by atoms with Crippen LogP contribution in [-0.4, -0.2) is 21.9 Å². The lowest BCUT2D eigenvalue weighted by molar-refractivity contribution is 0.285. The number of hydrogen-bond acceptors (Lipinski definition) is 1. The Kier molecular flexibility index (Phi) is 6.74. The van der Waals surface area contributed by atoms with E-state index in [1.165, 1.54) is 0 Å². The van der Waals surface area contributed by atoms with Crippen molar-refractivity contribution in [3.05, 3.63) is 0 Å². The van der Waals surface area contributed by atoms with Crippen LogP contribution in [-0.2, 0) is 0 Å². The highest BCUT2D eigenvalue weighted by atomic mass is 79.9. The summed E-state index contributed by atoms with van der Waals surface area (Å²) in [5.74, 6) is 0. The zero-order chi connectivity index (χ0) is 6.41. The van der Waals surface area contributed by atoms with Crippen LogP contribution in [0.25, 0.3) is 0 Å². The number of halogens is 2. The van der Waals surface area contributed by atoms with E-state index in [1.807, 2.05) is 0 Å². The lowest BCUT2D eigenvalue weighted by atomic mass is 10.3. The third kappa shape index (κ3) is 5.06. The van der Waals surface area contributed by atoms with Gasteiger partial charge in [0.2, 0.25) is 0 Å². The maximum absolute atomic E-state index is 8.37. The standard InChI is InChI=1S/C5H10Br2O/c6-4-5(7)2-1-3-8/h5,8H,1-4H2/t5-/m0/s1. The molecular formula is C5H10Br2O. The van der Waals surface area contributed by atoms with Crippen LogP contribution in [0.1, 0.15) is 12.8 Å². The Morgan fingerprint density at radius 3 is 2.50 bits per heavy atom. The molecule has 0 radical (unpaired) electrons. The number of alkyl halides is 2. The molecule has 3 heteroatoms. The van der Waals surface area contributed by atoms with Crippen LogP contribution in [0, 0.1) is 0 Å². The third-order valence-corrected chi connectivity index (χ3v) is 3.27. The quantitative estimate of drug-likeness (QED) is 0.751. The summed E-state index contributed by atoms with van der Waals surface area (Å²) in [4.78, 5) is 0.523. The first-order chi connectivity index (χ1) is 3.81. The maximum Gasteiger partial charge on any atom is 0.0431 e. The molecule has 0 aromatic heterocycles. The van der Waals surface area contributed by atoms with Crippen molar-refractivity contribution in [2.24, 2.45) is 0 Å². The molecule has 1 N–H and O–H groups in total. The monoisotopic (exact) mass is 244 g/mol. The third-order valence-electron chi connectivity index (χ3n) is 0.843. The molecule has 0 saturated carbocycles. The van der Waals surface area contributed by atoms with E-state index in [9.17, 15) is 0 Å². The molecule has 50 valence electrons. The van der Waals surface area contributed by atoms with Crippen LogP contribution < -0.4 is 0 Å². The molecule has 0 spiro atoms. The molecular weight excluding hydrogens is 236 g/mol. The molecule has 0 aliphatic rings. The van der Waals surface area contributed by atoms with Gasteiger partial charge in [0.15, 0.2) is 0 Å². The Labute approximate surface area is 66.7 Å². The molecule has 0 aromatic rings. The van der Waals surface area contributed by atoms with Crippen LogP contribution in [0.15, 0.2) is 0 Å². The Hall–Kier alpha value is 0.920. The fourth-order valence-corrected chi connectivity index (χ4v) is 1.04. The average molecular weight is 246 g/mol. The van der Waals surface area contributed by atoms with E-state index in [2.05, 4.69) is 31.9 Å². The van der Waals surface area contributed by atoms with Crippen LogP contribution in [0.5, 0.6) is 0 Å². The second-order valence-corrected chi connectivity index (χ2v) is 3.56. The predicted octanol–water partition coefficient (Wildman–Crippen LogP) is 1.92. The topological polar surface area (TPSA) is 20.2 Å². The number of hydrogen-bond donors (Lipinski definition) is 1. The van der Waals surface area contributed by atoms with Gasteiger partial charge in [0, 0.05) is 16.8 Å². The Balaban J connectivity index is 2.86. The van der Waals surface area contributed by atoms with Gasteiger partial charge in [0.1, 0.15) is 0 Å². The van der Waals surface area contributed by atoms with Crippen LogP contribution in [0.4, 0.5) is 0 Å². The zero-order valence-corrected chi connectivity index (χ0v) is 7.78. The molecule has 0 bridgehead atoms. The molecule has 1 atom stereocenters. The van der Waals surface area contributed by atoms with Crippen molar-refractivity contribution in [2.75, 3.05) is 11.9 Å². The van der Waals surface area contributed by atoms with Crippen molar-refractivity contribution >= 4 is 31.9 Å². The summed E-state index contributed by atoms with van der Waals surface area (Å²) < 4.78 is 0. The zero-order valence-electron chi connectivity index (χ0n) is 4.61. The molecule has 8 heavy (non-hydrogen) atoms. The summed E-state index contributed by atoms with van der Waals surface area (Å²) in [6.45, 7) is 0.301. The van der Waals surface area contributed by atoms with Crippen LogP contribution in [0.3, 0.4) is 0 Å². The van der Waals surface area contributed by atoms with Crippen molar-refractivity contribution < 1.29 is 5.11 Å². The lowest BCUT2D eigenvalue weighted by Gasteiger charge is -2.01. The summed E-state index contributed by atoms with van der Waals surface area (Å²) >= 11 is 6.74. The van der Waals surface area contributed by atoms with Crippen molar-refractivity contribution in [3.8, 4) is 0 Å². The van der Waals surface area contributed by atoms with E-state index < -0.39 is 0 Å². The van der Waals surface area contributed by atoms with Crippen molar-refractivity contribution in [3.63, 3.8) is 0 Å². The molecule has 0 fully saturated rings. The van der Waals surface area contributed by atoms with E-state index >= 15 is 0 Å². The highest BCUT2D eigenvalue weighted by Crippen LogP contribution is 2.09. The van der Waals surface area contributed by atoms with Gasteiger partial charge in [-0.2, -0.15) is 0 Å². The van der Waals surface area contributed by atoms with E-state index in [0.717, 1.165) is 18.2 Å². The summed E-state index contributed by atoms with van der Waals surface area (Å²) in [6.07, 6.45) is 1.93. The normalized spacial score (nSPS) is 13.9. The van der Waals surface area contributed by atoms with Crippen LogP contribution in [0.2, 0.25) is 0 Å². The largest absolute Gasteiger partial charge is 0.396 e. The summed E-state index contributed by atoms with van der Waals surface area (Å²) in [5, 5.41) is 9.34. The molecule has 0 aromatic carbocycles. The highest BCUT2D eigenvalue weighted by Gasteiger charge is 1.98. The van der Waals surface area contributed by atoms with Gasteiger partial charge >= 0.3 is 0 Å². The molecule has 1 nitrogen and oxygen atoms in total. The first kappa shape index (κ1) is 8.92. The van der Waals surface area contributed by atoms with E-state index in [4.69, 9.17) is 5.11 Å². The van der Waals surface area contributed by atoms with Gasteiger partial charge in [-0.15, -0.1) is 0 Å². The maximum atomic E-state index is 8.37. The number of aliphatic hydroxyl groups is 1. The minimum atomic E-state index is 0.301. The van der Waals surface area contributed by atoms with Gasteiger partial charge in [-0.3, -0.25) is 0 Å². The van der Waals surface area contributed by atoms with Gasteiger partial charge in [-0.25, -0.2) is 0 Å². The lowest BCUT2D eigenvalue weighted by Crippen LogP contribution is -1.99. The van der Waals surface area contributed by atoms with Gasteiger partial charge in [-0.05, 0) is 12.8 Å². The second kappa shape index (κ2) is 6.05. The predicted molar refractivity (Wildman–Crippen MR) is 42.8 cm³/mol. The van der Waals surface area contributed by atoms with Crippen molar-refractivity contribution in [2.45, 2.75) is 17.7 Å². The SMILES string of the molecule is OCCC[C@H](Br)CBr. The first-order valence-electron chi connectivity index (χ1n) is 2.62. The van der Waals surface area contributed by atoms with E-state index in [1.54, 1.807) is 0 Å². The van der Waals surface area contributed by atoms with Crippen molar-refractivity contribution in [1.29, 1.82) is 0 Å². The fourth-order valence-electron chi connectivity index (χ4n) is 0.390. The van der Waals surface area contributed by atoms with E-state index in [0.29, 0.717) is 11.4 Å². The molecule has 0 amide bonds. The smallest absolute Gasteiger partial charge is 0.0431 e. The minimum Gasteiger partial charge on any atom is -0.396 e. The molecule has 0 aliphatic heterocycles. The first-order valence-corrected chi connectivity index (χ1v) is 4.66. The minimum absolute atomic E-state index is 0.301. The van der Waals surface area contributed by atoms with Crippen molar-refractivity contribution in [1.82, 2.24) is 0 Å². The summed E-state index contributed by atoms with van der Waals surface area (Å²) in [6, 6.07) is 0. The molecule has 0 unspecified atom stereocenters. The van der Waals surface area contributed by atoms with Gasteiger partial charge in [0.05, 0.1) is 0 Å². The van der Waals surface area contributed by atoms with E-state index in [-0.39, 0.29) is 0 Å². The van der Waals surface area contributed by atoms with Gasteiger partial charge in [-0.1, -0.05) is 31.9 Å². The molecule has 0 rings (SSSR count). The Bertz CT molecular complexity index is 49.7. The van der Waals surface area contributed by atoms with Crippen LogP contribution >= 0.6 is 31.9 Å². The summed E-state index contributed by atoms with van der Waals surface area (Å²) in [5.41, 5.74) is 0. The molecule has 0 heterocycles. The number of rotatable bonds is 4. The van der Waals surface area contributed by atoms with Gasteiger partial charge in [0.25, 0.3) is 0 Å². The molecule has 0 aliphatic carbocycles. The average Bonchev–Trinajstić information content (AvgIpc) is 1.83. The molecule has 0 saturated heterocycles.